The summed E-state index contributed by atoms with van der Waals surface area (Å²) in [7, 11) is 0. The minimum Gasteiger partial charge on any atom is -0.291 e. The molecule has 0 spiro atoms. The molecule has 1 aromatic heterocycles. The van der Waals surface area contributed by atoms with Crippen LogP contribution in [0.3, 0.4) is 0 Å². The molecule has 21 heavy (non-hydrogen) atoms. The zero-order chi connectivity index (χ0) is 15.6. The fourth-order valence-corrected chi connectivity index (χ4v) is 2.52. The third-order valence-electron chi connectivity index (χ3n) is 3.27. The molecule has 0 aliphatic carbocycles. The van der Waals surface area contributed by atoms with Gasteiger partial charge in [0.1, 0.15) is 0 Å². The number of aromatic nitrogens is 1. The van der Waals surface area contributed by atoms with Gasteiger partial charge in [0.15, 0.2) is 0 Å². The quantitative estimate of drug-likeness (QED) is 0.271. The van der Waals surface area contributed by atoms with Gasteiger partial charge in [-0.1, -0.05) is 5.11 Å². The van der Waals surface area contributed by atoms with Crippen LogP contribution in [-0.4, -0.2) is 28.9 Å². The first kappa shape index (κ1) is 15.2. The monoisotopic (exact) mass is 354 g/mol. The molecule has 0 bridgehead atoms. The molecule has 110 valence electrons. The lowest BCUT2D eigenvalue weighted by Gasteiger charge is -2.16. The Kier molecular flexibility index (Phi) is 4.39. The van der Waals surface area contributed by atoms with Gasteiger partial charge in [0.2, 0.25) is 11.7 Å². The smallest absolute Gasteiger partial charge is 0.291 e. The zero-order valence-corrected chi connectivity index (χ0v) is 12.6. The molecule has 1 aromatic rings. The highest BCUT2D eigenvalue weighted by atomic mass is 79.9. The van der Waals surface area contributed by atoms with Crippen LogP contribution in [0.5, 0.6) is 0 Å². The second-order valence-corrected chi connectivity index (χ2v) is 5.50. The van der Waals surface area contributed by atoms with Crippen LogP contribution in [0.1, 0.15) is 12.0 Å². The predicted octanol–water partition coefficient (Wildman–Crippen LogP) is 2.72. The third-order valence-corrected chi connectivity index (χ3v) is 4.07. The molecule has 10 heteroatoms. The van der Waals surface area contributed by atoms with Crippen molar-refractivity contribution in [3.63, 3.8) is 0 Å². The topological polar surface area (TPSA) is 125 Å². The van der Waals surface area contributed by atoms with Crippen LogP contribution in [0.15, 0.2) is 15.8 Å². The molecule has 1 fully saturated rings. The molecule has 1 saturated heterocycles. The summed E-state index contributed by atoms with van der Waals surface area (Å²) >= 11 is 3.19. The van der Waals surface area contributed by atoms with Gasteiger partial charge in [-0.2, -0.15) is 0 Å². The number of carbonyl (C=O) groups excluding carboxylic acids is 1. The van der Waals surface area contributed by atoms with E-state index in [4.69, 9.17) is 5.53 Å². The van der Waals surface area contributed by atoms with Crippen LogP contribution in [0.2, 0.25) is 0 Å². The van der Waals surface area contributed by atoms with Crippen LogP contribution in [0.4, 0.5) is 11.5 Å². The average molecular weight is 355 g/mol. The van der Waals surface area contributed by atoms with Crippen LogP contribution < -0.4 is 4.90 Å². The molecule has 1 amide bonds. The van der Waals surface area contributed by atoms with E-state index < -0.39 is 4.92 Å². The van der Waals surface area contributed by atoms with E-state index in [0.29, 0.717) is 10.0 Å². The number of nitro groups is 1. The summed E-state index contributed by atoms with van der Waals surface area (Å²) in [6.07, 6.45) is 1.62. The van der Waals surface area contributed by atoms with Gasteiger partial charge < -0.3 is 0 Å². The van der Waals surface area contributed by atoms with Crippen molar-refractivity contribution in [3.8, 4) is 0 Å². The second-order valence-electron chi connectivity index (χ2n) is 4.65. The van der Waals surface area contributed by atoms with E-state index in [1.807, 2.05) is 0 Å². The van der Waals surface area contributed by atoms with Crippen molar-refractivity contribution in [3.05, 3.63) is 36.8 Å². The Labute approximate surface area is 127 Å². The Morgan fingerprint density at radius 1 is 1.71 bits per heavy atom. The molecular weight excluding hydrogens is 344 g/mol. The summed E-state index contributed by atoms with van der Waals surface area (Å²) in [5.41, 5.74) is 8.53. The molecule has 1 atom stereocenters. The number of anilines is 1. The fourth-order valence-electron chi connectivity index (χ4n) is 2.23. The molecule has 2 heterocycles. The van der Waals surface area contributed by atoms with Crippen LogP contribution in [0.25, 0.3) is 10.4 Å². The van der Waals surface area contributed by atoms with E-state index in [9.17, 15) is 14.9 Å². The summed E-state index contributed by atoms with van der Waals surface area (Å²) < 4.78 is 0.509. The molecule has 9 nitrogen and oxygen atoms in total. The highest BCUT2D eigenvalue weighted by molar-refractivity contribution is 9.10. The van der Waals surface area contributed by atoms with Crippen LogP contribution in [-0.2, 0) is 4.79 Å². The number of carbonyl (C=O) groups is 1. The fraction of sp³-hybridized carbons (Fsp3) is 0.455. The first-order valence-corrected chi connectivity index (χ1v) is 6.85. The van der Waals surface area contributed by atoms with Gasteiger partial charge in [-0.3, -0.25) is 19.8 Å². The van der Waals surface area contributed by atoms with Crippen molar-refractivity contribution in [1.29, 1.82) is 0 Å². The maximum absolute atomic E-state index is 12.0. The van der Waals surface area contributed by atoms with Crippen molar-refractivity contribution in [2.24, 2.45) is 11.0 Å². The summed E-state index contributed by atoms with van der Waals surface area (Å²) in [4.78, 5) is 30.7. The molecule has 2 rings (SSSR count). The number of amides is 1. The minimum atomic E-state index is -0.545. The zero-order valence-electron chi connectivity index (χ0n) is 11.1. The van der Waals surface area contributed by atoms with Crippen molar-refractivity contribution in [1.82, 2.24) is 4.98 Å². The Balaban J connectivity index is 2.38. The summed E-state index contributed by atoms with van der Waals surface area (Å²) in [5, 5.41) is 14.7. The lowest BCUT2D eigenvalue weighted by atomic mass is 10.1. The average Bonchev–Trinajstić information content (AvgIpc) is 2.80. The Hall–Kier alpha value is -2.19. The van der Waals surface area contributed by atoms with E-state index >= 15 is 0 Å². The lowest BCUT2D eigenvalue weighted by molar-refractivity contribution is -0.384. The van der Waals surface area contributed by atoms with E-state index in [1.165, 1.54) is 11.1 Å². The number of pyridine rings is 1. The van der Waals surface area contributed by atoms with Gasteiger partial charge in [0.25, 0.3) is 0 Å². The van der Waals surface area contributed by atoms with Crippen molar-refractivity contribution in [2.45, 2.75) is 13.3 Å². The minimum absolute atomic E-state index is 0.0362. The number of hydrogen-bond acceptors (Lipinski definition) is 5. The Morgan fingerprint density at radius 2 is 2.43 bits per heavy atom. The van der Waals surface area contributed by atoms with Crippen molar-refractivity contribution < 1.29 is 9.72 Å². The summed E-state index contributed by atoms with van der Waals surface area (Å²) in [5.74, 6) is -0.377. The second kappa shape index (κ2) is 6.06. The van der Waals surface area contributed by atoms with Crippen molar-refractivity contribution in [2.75, 3.05) is 18.0 Å². The van der Waals surface area contributed by atoms with Gasteiger partial charge in [-0.15, -0.1) is 0 Å². The summed E-state index contributed by atoms with van der Waals surface area (Å²) in [6, 6.07) is 0. The lowest BCUT2D eigenvalue weighted by Crippen LogP contribution is -2.27. The highest BCUT2D eigenvalue weighted by Crippen LogP contribution is 2.36. The number of nitrogens with zero attached hydrogens (tertiary/aromatic N) is 6. The van der Waals surface area contributed by atoms with E-state index in [2.05, 4.69) is 30.9 Å². The molecule has 1 aliphatic heterocycles. The highest BCUT2D eigenvalue weighted by Gasteiger charge is 2.36. The van der Waals surface area contributed by atoms with E-state index in [1.54, 1.807) is 6.92 Å². The van der Waals surface area contributed by atoms with E-state index in [-0.39, 0.29) is 42.8 Å². The number of hydrogen-bond donors (Lipinski definition) is 0. The SMILES string of the molecule is Cc1c(Br)cnc(N2CC(CN=[N+]=[N-])CC2=O)c1[N+](=O)[O-]. The summed E-state index contributed by atoms with van der Waals surface area (Å²) in [6.45, 7) is 2.03. The molecule has 0 radical (unpaired) electrons. The maximum atomic E-state index is 12.0. The van der Waals surface area contributed by atoms with Gasteiger partial charge >= 0.3 is 5.69 Å². The maximum Gasteiger partial charge on any atom is 0.316 e. The third kappa shape index (κ3) is 2.96. The van der Waals surface area contributed by atoms with Crippen molar-refractivity contribution >= 4 is 33.3 Å². The molecular formula is C11H11BrN6O3. The molecule has 1 unspecified atom stereocenters. The normalized spacial score (nSPS) is 17.7. The molecule has 1 aliphatic rings. The first-order chi connectivity index (χ1) is 9.95. The predicted molar refractivity (Wildman–Crippen MR) is 77.8 cm³/mol. The van der Waals surface area contributed by atoms with Crippen LogP contribution >= 0.6 is 15.9 Å². The molecule has 0 aromatic carbocycles. The number of halogens is 1. The molecule has 0 saturated carbocycles. The number of azide groups is 1. The Bertz CT molecular complexity index is 658. The largest absolute Gasteiger partial charge is 0.316 e. The van der Waals surface area contributed by atoms with Gasteiger partial charge in [-0.05, 0) is 34.3 Å². The Morgan fingerprint density at radius 3 is 3.05 bits per heavy atom. The first-order valence-electron chi connectivity index (χ1n) is 6.06. The number of rotatable bonds is 4. The van der Waals surface area contributed by atoms with Gasteiger partial charge in [-0.25, -0.2) is 4.98 Å². The molecule has 0 N–H and O–H groups in total. The van der Waals surface area contributed by atoms with Gasteiger partial charge in [0, 0.05) is 40.7 Å². The van der Waals surface area contributed by atoms with Gasteiger partial charge in [0.05, 0.1) is 4.92 Å². The van der Waals surface area contributed by atoms with E-state index in [0.717, 1.165) is 0 Å². The van der Waals surface area contributed by atoms with Crippen LogP contribution in [0, 0.1) is 23.0 Å². The standard InChI is InChI=1S/C11H11BrN6O3/c1-6-8(12)4-14-11(10(6)18(20)21)17-5-7(2-9(17)19)3-15-16-13/h4,7H,2-3,5H2,1H3.